The summed E-state index contributed by atoms with van der Waals surface area (Å²) in [6.07, 6.45) is 0.136. The molecule has 0 spiro atoms. The van der Waals surface area contributed by atoms with Crippen molar-refractivity contribution in [2.45, 2.75) is 31.0 Å². The first kappa shape index (κ1) is 19.5. The van der Waals surface area contributed by atoms with Crippen molar-refractivity contribution in [2.75, 3.05) is 18.4 Å². The fourth-order valence-corrected chi connectivity index (χ4v) is 4.16. The van der Waals surface area contributed by atoms with Crippen LogP contribution >= 0.6 is 0 Å². The van der Waals surface area contributed by atoms with E-state index in [0.29, 0.717) is 17.7 Å². The standard InChI is InChI=1S/C19H21FN2O4S/c1-2-19(23)21-16-6-8-18(9-7-16)27(24,25)22-11-17(12-22)26-13-14-4-3-5-15(20)10-14/h3-10,17H,2,11-13H2,1H3,(H,21,23). The second kappa shape index (κ2) is 8.16. The summed E-state index contributed by atoms with van der Waals surface area (Å²) in [6.45, 7) is 2.49. The number of ether oxygens (including phenoxy) is 1. The van der Waals surface area contributed by atoms with Crippen LogP contribution in [0.15, 0.2) is 53.4 Å². The van der Waals surface area contributed by atoms with Crippen LogP contribution in [-0.4, -0.2) is 37.8 Å². The van der Waals surface area contributed by atoms with E-state index in [-0.39, 0.29) is 42.4 Å². The number of amides is 1. The third-order valence-electron chi connectivity index (χ3n) is 4.29. The summed E-state index contributed by atoms with van der Waals surface area (Å²) in [7, 11) is -3.59. The lowest BCUT2D eigenvalue weighted by Gasteiger charge is -2.37. The van der Waals surface area contributed by atoms with Crippen LogP contribution in [0.1, 0.15) is 18.9 Å². The highest BCUT2D eigenvalue weighted by Gasteiger charge is 2.37. The number of carbonyl (C=O) groups is 1. The number of sulfonamides is 1. The van der Waals surface area contributed by atoms with Gasteiger partial charge in [0.1, 0.15) is 5.82 Å². The molecule has 1 N–H and O–H groups in total. The van der Waals surface area contributed by atoms with E-state index in [2.05, 4.69) is 5.32 Å². The van der Waals surface area contributed by atoms with Gasteiger partial charge in [0.2, 0.25) is 15.9 Å². The summed E-state index contributed by atoms with van der Waals surface area (Å²) in [5.41, 5.74) is 1.27. The number of nitrogens with one attached hydrogen (secondary N) is 1. The minimum atomic E-state index is -3.59. The lowest BCUT2D eigenvalue weighted by Crippen LogP contribution is -2.54. The molecule has 0 saturated carbocycles. The number of benzene rings is 2. The van der Waals surface area contributed by atoms with E-state index in [1.807, 2.05) is 0 Å². The molecule has 0 aliphatic carbocycles. The van der Waals surface area contributed by atoms with Gasteiger partial charge in [-0.3, -0.25) is 4.79 Å². The van der Waals surface area contributed by atoms with Gasteiger partial charge in [-0.15, -0.1) is 0 Å². The first-order valence-electron chi connectivity index (χ1n) is 8.64. The minimum Gasteiger partial charge on any atom is -0.371 e. The topological polar surface area (TPSA) is 75.7 Å². The molecule has 0 atom stereocenters. The fraction of sp³-hybridized carbons (Fsp3) is 0.316. The third kappa shape index (κ3) is 4.71. The summed E-state index contributed by atoms with van der Waals surface area (Å²) in [5.74, 6) is -0.459. The molecule has 0 aromatic heterocycles. The molecule has 1 fully saturated rings. The molecule has 2 aromatic carbocycles. The molecule has 8 heteroatoms. The molecule has 0 unspecified atom stereocenters. The molecule has 6 nitrogen and oxygen atoms in total. The molecule has 144 valence electrons. The molecule has 1 saturated heterocycles. The van der Waals surface area contributed by atoms with Gasteiger partial charge in [0.15, 0.2) is 0 Å². The van der Waals surface area contributed by atoms with Gasteiger partial charge in [-0.25, -0.2) is 12.8 Å². The van der Waals surface area contributed by atoms with Gasteiger partial charge >= 0.3 is 0 Å². The monoisotopic (exact) mass is 392 g/mol. The Morgan fingerprint density at radius 1 is 1.22 bits per heavy atom. The van der Waals surface area contributed by atoms with Crippen LogP contribution in [0.4, 0.5) is 10.1 Å². The summed E-state index contributed by atoms with van der Waals surface area (Å²) in [6, 6.07) is 12.2. The second-order valence-corrected chi connectivity index (χ2v) is 8.25. The van der Waals surface area contributed by atoms with Crippen LogP contribution in [0.2, 0.25) is 0 Å². The van der Waals surface area contributed by atoms with Gasteiger partial charge in [0.25, 0.3) is 0 Å². The van der Waals surface area contributed by atoms with E-state index in [0.717, 1.165) is 0 Å². The predicted molar refractivity (Wildman–Crippen MR) is 99.1 cm³/mol. The highest BCUT2D eigenvalue weighted by atomic mass is 32.2. The SMILES string of the molecule is CCC(=O)Nc1ccc(S(=O)(=O)N2CC(OCc3cccc(F)c3)C2)cc1. The van der Waals surface area contributed by atoms with Crippen molar-refractivity contribution in [1.29, 1.82) is 0 Å². The Morgan fingerprint density at radius 2 is 1.93 bits per heavy atom. The van der Waals surface area contributed by atoms with Crippen LogP contribution in [0.25, 0.3) is 0 Å². The molecule has 27 heavy (non-hydrogen) atoms. The van der Waals surface area contributed by atoms with Crippen LogP contribution in [0.3, 0.4) is 0 Å². The molecule has 0 bridgehead atoms. The first-order valence-corrected chi connectivity index (χ1v) is 10.1. The molecular weight excluding hydrogens is 371 g/mol. The lowest BCUT2D eigenvalue weighted by atomic mass is 10.2. The van der Waals surface area contributed by atoms with E-state index in [9.17, 15) is 17.6 Å². The number of hydrogen-bond acceptors (Lipinski definition) is 4. The number of rotatable bonds is 7. The zero-order chi connectivity index (χ0) is 19.4. The molecule has 0 radical (unpaired) electrons. The highest BCUT2D eigenvalue weighted by Crippen LogP contribution is 2.25. The number of hydrogen-bond donors (Lipinski definition) is 1. The maximum atomic E-state index is 13.1. The van der Waals surface area contributed by atoms with Gasteiger partial charge in [-0.2, -0.15) is 4.31 Å². The van der Waals surface area contributed by atoms with E-state index < -0.39 is 10.0 Å². The molecule has 1 aliphatic rings. The highest BCUT2D eigenvalue weighted by molar-refractivity contribution is 7.89. The molecule has 1 heterocycles. The van der Waals surface area contributed by atoms with Gasteiger partial charge < -0.3 is 10.1 Å². The molecular formula is C19H21FN2O4S. The number of halogens is 1. The van der Waals surface area contributed by atoms with Gasteiger partial charge in [-0.1, -0.05) is 19.1 Å². The largest absolute Gasteiger partial charge is 0.371 e. The predicted octanol–water partition coefficient (Wildman–Crippen LogP) is 2.76. The minimum absolute atomic E-state index is 0.133. The second-order valence-electron chi connectivity index (χ2n) is 6.31. The van der Waals surface area contributed by atoms with Crippen molar-refractivity contribution >= 4 is 21.6 Å². The Hall–Kier alpha value is -2.29. The Kier molecular flexibility index (Phi) is 5.88. The fourth-order valence-electron chi connectivity index (χ4n) is 2.65. The number of carbonyl (C=O) groups excluding carboxylic acids is 1. The Bertz CT molecular complexity index is 910. The Labute approximate surface area is 158 Å². The van der Waals surface area contributed by atoms with Gasteiger partial charge in [0.05, 0.1) is 17.6 Å². The summed E-state index contributed by atoms with van der Waals surface area (Å²) in [5, 5.41) is 2.68. The molecule has 1 aliphatic heterocycles. The van der Waals surface area contributed by atoms with Crippen molar-refractivity contribution in [3.05, 3.63) is 59.9 Å². The maximum Gasteiger partial charge on any atom is 0.243 e. The Balaban J connectivity index is 1.54. The van der Waals surface area contributed by atoms with E-state index in [4.69, 9.17) is 4.74 Å². The van der Waals surface area contributed by atoms with E-state index in [1.54, 1.807) is 31.2 Å². The van der Waals surface area contributed by atoms with Crippen molar-refractivity contribution in [3.63, 3.8) is 0 Å². The van der Waals surface area contributed by atoms with Crippen molar-refractivity contribution in [3.8, 4) is 0 Å². The summed E-state index contributed by atoms with van der Waals surface area (Å²) < 4.78 is 45.3. The Morgan fingerprint density at radius 3 is 2.56 bits per heavy atom. The average Bonchev–Trinajstić information content (AvgIpc) is 2.60. The van der Waals surface area contributed by atoms with Crippen LogP contribution in [0, 0.1) is 5.82 Å². The molecule has 2 aromatic rings. The number of nitrogens with zero attached hydrogens (tertiary/aromatic N) is 1. The zero-order valence-corrected chi connectivity index (χ0v) is 15.7. The third-order valence-corrected chi connectivity index (χ3v) is 6.13. The normalized spacial score (nSPS) is 15.3. The number of anilines is 1. The van der Waals surface area contributed by atoms with E-state index >= 15 is 0 Å². The van der Waals surface area contributed by atoms with Crippen LogP contribution < -0.4 is 5.32 Å². The average molecular weight is 392 g/mol. The molecule has 1 amide bonds. The van der Waals surface area contributed by atoms with Crippen molar-refractivity contribution in [2.24, 2.45) is 0 Å². The van der Waals surface area contributed by atoms with Crippen LogP contribution in [-0.2, 0) is 26.2 Å². The molecule has 3 rings (SSSR count). The van der Waals surface area contributed by atoms with Crippen LogP contribution in [0.5, 0.6) is 0 Å². The summed E-state index contributed by atoms with van der Waals surface area (Å²) >= 11 is 0. The van der Waals surface area contributed by atoms with Crippen molar-refractivity contribution < 1.29 is 22.3 Å². The maximum absolute atomic E-state index is 13.1. The first-order chi connectivity index (χ1) is 12.9. The van der Waals surface area contributed by atoms with E-state index in [1.165, 1.54) is 28.6 Å². The lowest BCUT2D eigenvalue weighted by molar-refractivity contribution is -0.115. The van der Waals surface area contributed by atoms with Gasteiger partial charge in [0, 0.05) is 25.2 Å². The summed E-state index contributed by atoms with van der Waals surface area (Å²) in [4.78, 5) is 11.5. The quantitative estimate of drug-likeness (QED) is 0.786. The van der Waals surface area contributed by atoms with Gasteiger partial charge in [-0.05, 0) is 42.0 Å². The van der Waals surface area contributed by atoms with Crippen molar-refractivity contribution in [1.82, 2.24) is 4.31 Å². The zero-order valence-electron chi connectivity index (χ0n) is 14.9. The smallest absolute Gasteiger partial charge is 0.243 e.